The minimum absolute atomic E-state index is 0.0106. The van der Waals surface area contributed by atoms with Gasteiger partial charge in [0.2, 0.25) is 5.95 Å². The molecule has 0 saturated carbocycles. The van der Waals surface area contributed by atoms with Crippen LogP contribution in [0.25, 0.3) is 21.7 Å². The Morgan fingerprint density at radius 1 is 1.26 bits per heavy atom. The van der Waals surface area contributed by atoms with Gasteiger partial charge in [0, 0.05) is 11.6 Å². The lowest BCUT2D eigenvalue weighted by atomic mass is 10.0. The zero-order valence-electron chi connectivity index (χ0n) is 9.50. The SMILES string of the molecule is Nc1ncc2c(ccc3ccc(Br)c([N+](=O)[O-])c32)n1. The lowest BCUT2D eigenvalue weighted by Crippen LogP contribution is -1.96. The first-order valence-corrected chi connectivity index (χ1v) is 6.15. The third-order valence-corrected chi connectivity index (χ3v) is 3.51. The van der Waals surface area contributed by atoms with Gasteiger partial charge >= 0.3 is 0 Å². The van der Waals surface area contributed by atoms with Gasteiger partial charge in [-0.1, -0.05) is 12.1 Å². The number of hydrogen-bond acceptors (Lipinski definition) is 5. The van der Waals surface area contributed by atoms with Crippen molar-refractivity contribution >= 4 is 49.2 Å². The van der Waals surface area contributed by atoms with Gasteiger partial charge in [-0.2, -0.15) is 0 Å². The van der Waals surface area contributed by atoms with Gasteiger partial charge in [-0.3, -0.25) is 10.1 Å². The van der Waals surface area contributed by atoms with Crippen molar-refractivity contribution < 1.29 is 4.92 Å². The highest BCUT2D eigenvalue weighted by molar-refractivity contribution is 9.10. The first-order chi connectivity index (χ1) is 9.08. The van der Waals surface area contributed by atoms with E-state index in [0.29, 0.717) is 20.8 Å². The lowest BCUT2D eigenvalue weighted by Gasteiger charge is -2.05. The maximum Gasteiger partial charge on any atom is 0.291 e. The van der Waals surface area contributed by atoms with Crippen LogP contribution >= 0.6 is 15.9 Å². The number of nitro benzene ring substituents is 1. The molecular weight excluding hydrogens is 312 g/mol. The number of hydrogen-bond donors (Lipinski definition) is 1. The highest BCUT2D eigenvalue weighted by Crippen LogP contribution is 2.37. The number of nitrogens with two attached hydrogens (primary N) is 1. The van der Waals surface area contributed by atoms with Crippen LogP contribution in [-0.4, -0.2) is 14.9 Å². The van der Waals surface area contributed by atoms with E-state index >= 15 is 0 Å². The molecule has 0 unspecified atom stereocenters. The van der Waals surface area contributed by atoms with Gasteiger partial charge in [0.05, 0.1) is 20.3 Å². The molecule has 0 bridgehead atoms. The van der Waals surface area contributed by atoms with E-state index in [9.17, 15) is 10.1 Å². The molecule has 0 fully saturated rings. The third kappa shape index (κ3) is 1.78. The Hall–Kier alpha value is -2.28. The van der Waals surface area contributed by atoms with E-state index in [1.165, 1.54) is 6.20 Å². The number of halogens is 1. The van der Waals surface area contributed by atoms with Crippen LogP contribution in [0, 0.1) is 10.1 Å². The minimum atomic E-state index is -0.414. The molecule has 0 spiro atoms. The Balaban J connectivity index is 2.59. The van der Waals surface area contributed by atoms with E-state index in [2.05, 4.69) is 25.9 Å². The van der Waals surface area contributed by atoms with E-state index in [-0.39, 0.29) is 11.6 Å². The van der Waals surface area contributed by atoms with Gasteiger partial charge < -0.3 is 5.73 Å². The molecule has 19 heavy (non-hydrogen) atoms. The number of benzene rings is 2. The summed E-state index contributed by atoms with van der Waals surface area (Å²) in [6.45, 7) is 0. The number of nitro groups is 1. The van der Waals surface area contributed by atoms with Crippen LogP contribution in [0.15, 0.2) is 34.9 Å². The fourth-order valence-electron chi connectivity index (χ4n) is 2.08. The molecule has 0 radical (unpaired) electrons. The molecule has 2 N–H and O–H groups in total. The Morgan fingerprint density at radius 2 is 2.00 bits per heavy atom. The van der Waals surface area contributed by atoms with Crippen LogP contribution in [0.5, 0.6) is 0 Å². The average Bonchev–Trinajstić information content (AvgIpc) is 2.37. The molecule has 3 aromatic rings. The molecule has 3 rings (SSSR count). The highest BCUT2D eigenvalue weighted by atomic mass is 79.9. The van der Waals surface area contributed by atoms with Crippen LogP contribution < -0.4 is 5.73 Å². The monoisotopic (exact) mass is 318 g/mol. The van der Waals surface area contributed by atoms with Crippen LogP contribution in [0.4, 0.5) is 11.6 Å². The number of rotatable bonds is 1. The molecule has 0 saturated heterocycles. The van der Waals surface area contributed by atoms with Crippen molar-refractivity contribution in [1.29, 1.82) is 0 Å². The highest BCUT2D eigenvalue weighted by Gasteiger charge is 2.19. The summed E-state index contributed by atoms with van der Waals surface area (Å²) in [6, 6.07) is 7.02. The lowest BCUT2D eigenvalue weighted by molar-refractivity contribution is -0.383. The maximum absolute atomic E-state index is 11.3. The number of fused-ring (bicyclic) bond motifs is 3. The molecule has 94 valence electrons. The zero-order chi connectivity index (χ0) is 13.6. The van der Waals surface area contributed by atoms with Crippen LogP contribution in [0.3, 0.4) is 0 Å². The average molecular weight is 319 g/mol. The fraction of sp³-hybridized carbons (Fsp3) is 0. The van der Waals surface area contributed by atoms with Gasteiger partial charge in [-0.25, -0.2) is 9.97 Å². The largest absolute Gasteiger partial charge is 0.368 e. The van der Waals surface area contributed by atoms with Crippen molar-refractivity contribution in [3.05, 3.63) is 45.0 Å². The molecule has 2 aromatic carbocycles. The van der Waals surface area contributed by atoms with Crippen LogP contribution in [-0.2, 0) is 0 Å². The summed E-state index contributed by atoms with van der Waals surface area (Å²) in [4.78, 5) is 18.8. The van der Waals surface area contributed by atoms with Crippen molar-refractivity contribution in [1.82, 2.24) is 9.97 Å². The molecule has 0 aliphatic carbocycles. The molecule has 7 heteroatoms. The fourth-order valence-corrected chi connectivity index (χ4v) is 2.55. The van der Waals surface area contributed by atoms with Gasteiger partial charge in [-0.15, -0.1) is 0 Å². The first-order valence-electron chi connectivity index (χ1n) is 5.36. The Bertz CT molecular complexity index is 835. The van der Waals surface area contributed by atoms with E-state index in [1.807, 2.05) is 6.07 Å². The number of nitrogen functional groups attached to an aromatic ring is 1. The molecule has 0 aliphatic rings. The molecule has 6 nitrogen and oxygen atoms in total. The number of anilines is 1. The Morgan fingerprint density at radius 3 is 2.74 bits per heavy atom. The standard InChI is InChI=1S/C12H7BrN4O2/c13-8-3-1-6-2-4-9-7(5-15-12(14)16-9)10(6)11(8)17(18)19/h1-5H,(H2,14,15,16). The molecule has 1 aromatic heterocycles. The minimum Gasteiger partial charge on any atom is -0.368 e. The molecular formula is C12H7BrN4O2. The molecule has 1 heterocycles. The number of nitrogens with zero attached hydrogens (tertiary/aromatic N) is 3. The second-order valence-corrected chi connectivity index (χ2v) is 4.83. The normalized spacial score (nSPS) is 11.0. The van der Waals surface area contributed by atoms with Gasteiger partial charge in [-0.05, 0) is 33.4 Å². The summed E-state index contributed by atoms with van der Waals surface area (Å²) in [6.07, 6.45) is 1.51. The molecule has 0 amide bonds. The summed E-state index contributed by atoms with van der Waals surface area (Å²) >= 11 is 3.21. The van der Waals surface area contributed by atoms with Crippen molar-refractivity contribution in [3.63, 3.8) is 0 Å². The summed E-state index contributed by atoms with van der Waals surface area (Å²) in [5.74, 6) is 0.143. The Labute approximate surface area is 115 Å². The van der Waals surface area contributed by atoms with E-state index in [4.69, 9.17) is 5.73 Å². The smallest absolute Gasteiger partial charge is 0.291 e. The predicted octanol–water partition coefficient (Wildman–Crippen LogP) is 3.04. The quantitative estimate of drug-likeness (QED) is 0.422. The molecule has 0 atom stereocenters. The van der Waals surface area contributed by atoms with Crippen LogP contribution in [0.1, 0.15) is 0 Å². The summed E-state index contributed by atoms with van der Waals surface area (Å²) in [5.41, 5.74) is 6.13. The van der Waals surface area contributed by atoms with Crippen molar-refractivity contribution in [2.24, 2.45) is 0 Å². The van der Waals surface area contributed by atoms with Crippen molar-refractivity contribution in [2.75, 3.05) is 5.73 Å². The zero-order valence-corrected chi connectivity index (χ0v) is 11.1. The van der Waals surface area contributed by atoms with Crippen LogP contribution in [0.2, 0.25) is 0 Å². The summed E-state index contributed by atoms with van der Waals surface area (Å²) in [5, 5.41) is 13.1. The third-order valence-electron chi connectivity index (χ3n) is 2.87. The first kappa shape index (κ1) is 11.8. The second kappa shape index (κ2) is 4.13. The second-order valence-electron chi connectivity index (χ2n) is 3.98. The van der Waals surface area contributed by atoms with Gasteiger partial charge in [0.15, 0.2) is 0 Å². The summed E-state index contributed by atoms with van der Waals surface area (Å²) in [7, 11) is 0. The van der Waals surface area contributed by atoms with Crippen molar-refractivity contribution in [3.8, 4) is 0 Å². The van der Waals surface area contributed by atoms with Gasteiger partial charge in [0.1, 0.15) is 0 Å². The maximum atomic E-state index is 11.3. The van der Waals surface area contributed by atoms with Crippen molar-refractivity contribution in [2.45, 2.75) is 0 Å². The number of aromatic nitrogens is 2. The topological polar surface area (TPSA) is 94.9 Å². The van der Waals surface area contributed by atoms with E-state index in [1.54, 1.807) is 18.2 Å². The molecule has 0 aliphatic heterocycles. The predicted molar refractivity (Wildman–Crippen MR) is 75.8 cm³/mol. The van der Waals surface area contributed by atoms with E-state index in [0.717, 1.165) is 5.39 Å². The summed E-state index contributed by atoms with van der Waals surface area (Å²) < 4.78 is 0.425. The van der Waals surface area contributed by atoms with E-state index < -0.39 is 4.92 Å². The van der Waals surface area contributed by atoms with Gasteiger partial charge in [0.25, 0.3) is 5.69 Å². The Kier molecular flexibility index (Phi) is 2.56.